The van der Waals surface area contributed by atoms with Crippen LogP contribution in [0.5, 0.6) is 0 Å². The Morgan fingerprint density at radius 1 is 1.41 bits per heavy atom. The monoisotopic (exact) mass is 237 g/mol. The summed E-state index contributed by atoms with van der Waals surface area (Å²) in [6, 6.07) is 1.84. The maximum Gasteiger partial charge on any atom is 0.306 e. The zero-order valence-corrected chi connectivity index (χ0v) is 9.84. The van der Waals surface area contributed by atoms with E-state index in [1.807, 2.05) is 13.0 Å². The molecule has 1 aromatic heterocycles. The molecule has 0 saturated carbocycles. The molecular weight excluding hydrogens is 222 g/mol. The fourth-order valence-corrected chi connectivity index (χ4v) is 1.60. The summed E-state index contributed by atoms with van der Waals surface area (Å²) in [5, 5.41) is 8.83. The van der Waals surface area contributed by atoms with Crippen molar-refractivity contribution in [2.45, 2.75) is 25.7 Å². The molecule has 0 amide bonds. The minimum absolute atomic E-state index is 0.0495. The molecule has 0 aliphatic rings. The highest BCUT2D eigenvalue weighted by molar-refractivity contribution is 5.73. The van der Waals surface area contributed by atoms with E-state index < -0.39 is 17.9 Å². The molecule has 5 heteroatoms. The highest BCUT2D eigenvalue weighted by Crippen LogP contribution is 2.24. The molecule has 0 aliphatic carbocycles. The summed E-state index contributed by atoms with van der Waals surface area (Å²) in [6.07, 6.45) is 3.21. The van der Waals surface area contributed by atoms with Gasteiger partial charge in [-0.1, -0.05) is 6.07 Å². The van der Waals surface area contributed by atoms with Crippen molar-refractivity contribution in [1.82, 2.24) is 4.98 Å². The molecule has 1 unspecified atom stereocenters. The number of hydrogen-bond donors (Lipinski definition) is 1. The van der Waals surface area contributed by atoms with E-state index in [9.17, 15) is 9.59 Å². The zero-order chi connectivity index (χ0) is 12.8. The van der Waals surface area contributed by atoms with Gasteiger partial charge in [-0.15, -0.1) is 0 Å². The average molecular weight is 237 g/mol. The Balaban J connectivity index is 2.89. The number of carbonyl (C=O) groups is 2. The molecule has 5 nitrogen and oxygen atoms in total. The van der Waals surface area contributed by atoms with E-state index in [0.717, 1.165) is 11.1 Å². The molecule has 0 bridgehead atoms. The number of ether oxygens (including phenoxy) is 1. The molecule has 0 saturated heterocycles. The van der Waals surface area contributed by atoms with Crippen LogP contribution in [-0.4, -0.2) is 29.1 Å². The lowest BCUT2D eigenvalue weighted by molar-refractivity contribution is -0.141. The number of aromatic nitrogens is 1. The van der Waals surface area contributed by atoms with Crippen molar-refractivity contribution in [3.63, 3.8) is 0 Å². The van der Waals surface area contributed by atoms with Gasteiger partial charge in [0.15, 0.2) is 0 Å². The van der Waals surface area contributed by atoms with E-state index in [1.54, 1.807) is 12.4 Å². The summed E-state index contributed by atoms with van der Waals surface area (Å²) in [6.45, 7) is 1.87. The van der Waals surface area contributed by atoms with Crippen LogP contribution in [0.25, 0.3) is 0 Å². The van der Waals surface area contributed by atoms with Gasteiger partial charge in [0.1, 0.15) is 0 Å². The molecule has 0 radical (unpaired) electrons. The van der Waals surface area contributed by atoms with Gasteiger partial charge < -0.3 is 9.84 Å². The second kappa shape index (κ2) is 5.98. The average Bonchev–Trinajstić information content (AvgIpc) is 2.27. The number of rotatable bonds is 5. The minimum Gasteiger partial charge on any atom is -0.481 e. The Morgan fingerprint density at radius 2 is 2.12 bits per heavy atom. The van der Waals surface area contributed by atoms with Crippen LogP contribution in [0, 0.1) is 6.92 Å². The van der Waals surface area contributed by atoms with Crippen molar-refractivity contribution in [2.75, 3.05) is 7.11 Å². The van der Waals surface area contributed by atoms with Crippen molar-refractivity contribution in [3.8, 4) is 0 Å². The summed E-state index contributed by atoms with van der Waals surface area (Å²) >= 11 is 0. The lowest BCUT2D eigenvalue weighted by Gasteiger charge is -2.13. The Morgan fingerprint density at radius 3 is 2.65 bits per heavy atom. The van der Waals surface area contributed by atoms with Crippen molar-refractivity contribution >= 4 is 11.9 Å². The molecule has 1 aromatic rings. The fraction of sp³-hybridized carbons (Fsp3) is 0.417. The maximum atomic E-state index is 11.2. The van der Waals surface area contributed by atoms with Crippen molar-refractivity contribution in [3.05, 3.63) is 29.6 Å². The topological polar surface area (TPSA) is 76.5 Å². The second-order valence-corrected chi connectivity index (χ2v) is 3.87. The first-order chi connectivity index (χ1) is 8.02. The number of nitrogens with zero attached hydrogens (tertiary/aromatic N) is 1. The van der Waals surface area contributed by atoms with E-state index in [-0.39, 0.29) is 12.8 Å². The Bertz CT molecular complexity index is 417. The highest BCUT2D eigenvalue weighted by atomic mass is 16.5. The van der Waals surface area contributed by atoms with Crippen LogP contribution < -0.4 is 0 Å². The van der Waals surface area contributed by atoms with Crippen LogP contribution in [-0.2, 0) is 14.3 Å². The number of hydrogen-bond acceptors (Lipinski definition) is 4. The summed E-state index contributed by atoms with van der Waals surface area (Å²) in [5.74, 6) is -1.76. The first kappa shape index (κ1) is 13.2. The number of aliphatic carboxylic acids is 1. The van der Waals surface area contributed by atoms with E-state index in [0.29, 0.717) is 0 Å². The molecule has 0 aromatic carbocycles. The SMILES string of the molecule is COC(=O)CC(CC(=O)O)c1cncc(C)c1. The first-order valence-electron chi connectivity index (χ1n) is 5.23. The molecule has 1 N–H and O–H groups in total. The summed E-state index contributed by atoms with van der Waals surface area (Å²) in [7, 11) is 1.29. The van der Waals surface area contributed by atoms with Gasteiger partial charge in [-0.3, -0.25) is 14.6 Å². The normalized spacial score (nSPS) is 11.9. The van der Waals surface area contributed by atoms with Gasteiger partial charge in [0.2, 0.25) is 0 Å². The maximum absolute atomic E-state index is 11.2. The molecular formula is C12H15NO4. The smallest absolute Gasteiger partial charge is 0.306 e. The fourth-order valence-electron chi connectivity index (χ4n) is 1.60. The largest absolute Gasteiger partial charge is 0.481 e. The van der Waals surface area contributed by atoms with Gasteiger partial charge in [-0.25, -0.2) is 0 Å². The van der Waals surface area contributed by atoms with E-state index >= 15 is 0 Å². The summed E-state index contributed by atoms with van der Waals surface area (Å²) in [4.78, 5) is 26.0. The van der Waals surface area contributed by atoms with Crippen LogP contribution >= 0.6 is 0 Å². The molecule has 0 fully saturated rings. The van der Waals surface area contributed by atoms with Gasteiger partial charge >= 0.3 is 11.9 Å². The molecule has 0 spiro atoms. The van der Waals surface area contributed by atoms with Crippen LogP contribution in [0.3, 0.4) is 0 Å². The Hall–Kier alpha value is -1.91. The van der Waals surface area contributed by atoms with E-state index in [4.69, 9.17) is 5.11 Å². The van der Waals surface area contributed by atoms with E-state index in [2.05, 4.69) is 9.72 Å². The number of carbonyl (C=O) groups excluding carboxylic acids is 1. The Labute approximate surface area is 99.4 Å². The predicted molar refractivity (Wildman–Crippen MR) is 60.6 cm³/mol. The third kappa shape index (κ3) is 4.22. The number of aryl methyl sites for hydroxylation is 1. The van der Waals surface area contributed by atoms with Crippen molar-refractivity contribution in [2.24, 2.45) is 0 Å². The van der Waals surface area contributed by atoms with Crippen molar-refractivity contribution < 1.29 is 19.4 Å². The van der Waals surface area contributed by atoms with Gasteiger partial charge in [0, 0.05) is 18.3 Å². The Kier molecular flexibility index (Phi) is 4.63. The third-order valence-corrected chi connectivity index (χ3v) is 2.43. The number of carboxylic acid groups (broad SMARTS) is 1. The van der Waals surface area contributed by atoms with Crippen LogP contribution in [0.15, 0.2) is 18.5 Å². The lowest BCUT2D eigenvalue weighted by atomic mass is 9.93. The standard InChI is InChI=1S/C12H15NO4/c1-8-3-10(7-13-6-8)9(4-11(14)15)5-12(16)17-2/h3,6-7,9H,4-5H2,1-2H3,(H,14,15). The first-order valence-corrected chi connectivity index (χ1v) is 5.23. The number of carboxylic acids is 1. The van der Waals surface area contributed by atoms with Gasteiger partial charge in [-0.2, -0.15) is 0 Å². The van der Waals surface area contributed by atoms with Gasteiger partial charge in [0.25, 0.3) is 0 Å². The van der Waals surface area contributed by atoms with Gasteiger partial charge in [0.05, 0.1) is 20.0 Å². The number of esters is 1. The molecule has 1 rings (SSSR count). The molecule has 1 atom stereocenters. The summed E-state index contributed by atoms with van der Waals surface area (Å²) in [5.41, 5.74) is 1.68. The molecule has 17 heavy (non-hydrogen) atoms. The van der Waals surface area contributed by atoms with Crippen LogP contribution in [0.1, 0.15) is 29.9 Å². The predicted octanol–water partition coefficient (Wildman–Crippen LogP) is 1.51. The quantitative estimate of drug-likeness (QED) is 0.785. The third-order valence-electron chi connectivity index (χ3n) is 2.43. The zero-order valence-electron chi connectivity index (χ0n) is 9.84. The minimum atomic E-state index is -0.944. The molecule has 0 aliphatic heterocycles. The van der Waals surface area contributed by atoms with Crippen molar-refractivity contribution in [1.29, 1.82) is 0 Å². The second-order valence-electron chi connectivity index (χ2n) is 3.87. The summed E-state index contributed by atoms with van der Waals surface area (Å²) < 4.78 is 4.56. The van der Waals surface area contributed by atoms with Crippen LogP contribution in [0.4, 0.5) is 0 Å². The highest BCUT2D eigenvalue weighted by Gasteiger charge is 2.20. The van der Waals surface area contributed by atoms with E-state index in [1.165, 1.54) is 7.11 Å². The molecule has 1 heterocycles. The van der Waals surface area contributed by atoms with Gasteiger partial charge in [-0.05, 0) is 18.1 Å². The van der Waals surface area contributed by atoms with Crippen LogP contribution in [0.2, 0.25) is 0 Å². The number of methoxy groups -OCH3 is 1. The number of pyridine rings is 1. The molecule has 92 valence electrons. The lowest BCUT2D eigenvalue weighted by Crippen LogP contribution is -2.13.